The van der Waals surface area contributed by atoms with Gasteiger partial charge in [0.15, 0.2) is 0 Å². The van der Waals surface area contributed by atoms with Gasteiger partial charge in [-0.15, -0.1) is 0 Å². The molecule has 1 aromatic carbocycles. The zero-order valence-electron chi connectivity index (χ0n) is 8.55. The van der Waals surface area contributed by atoms with Crippen molar-refractivity contribution in [3.05, 3.63) is 35.0 Å². The van der Waals surface area contributed by atoms with E-state index in [4.69, 9.17) is 11.6 Å². The standard InChI is InChI=1S/C12H14ClN/c1-3-4-9-5-6-11(13)10-7-8-14(2)12(9)10/h5-8H,3-4H2,1-2H3. The second-order valence-electron chi connectivity index (χ2n) is 3.65. The largest absolute Gasteiger partial charge is 0.350 e. The molecule has 0 atom stereocenters. The maximum atomic E-state index is 6.13. The highest BCUT2D eigenvalue weighted by Crippen LogP contribution is 2.27. The fourth-order valence-corrected chi connectivity index (χ4v) is 2.15. The van der Waals surface area contributed by atoms with Gasteiger partial charge in [0.05, 0.1) is 5.52 Å². The van der Waals surface area contributed by atoms with Gasteiger partial charge in [0.1, 0.15) is 0 Å². The first-order valence-corrected chi connectivity index (χ1v) is 5.34. The Morgan fingerprint density at radius 2 is 2.07 bits per heavy atom. The minimum Gasteiger partial charge on any atom is -0.350 e. The van der Waals surface area contributed by atoms with Gasteiger partial charge in [0.25, 0.3) is 0 Å². The van der Waals surface area contributed by atoms with E-state index in [1.165, 1.54) is 22.9 Å². The van der Waals surface area contributed by atoms with Crippen LogP contribution >= 0.6 is 11.6 Å². The summed E-state index contributed by atoms with van der Waals surface area (Å²) in [6, 6.07) is 6.21. The van der Waals surface area contributed by atoms with Crippen LogP contribution < -0.4 is 0 Å². The number of aryl methyl sites for hydroxylation is 2. The molecule has 0 fully saturated rings. The fraction of sp³-hybridized carbons (Fsp3) is 0.333. The maximum Gasteiger partial charge on any atom is 0.0525 e. The number of aromatic nitrogens is 1. The van der Waals surface area contributed by atoms with E-state index in [0.29, 0.717) is 0 Å². The summed E-state index contributed by atoms with van der Waals surface area (Å²) in [5, 5.41) is 2.01. The molecular weight excluding hydrogens is 194 g/mol. The first-order valence-electron chi connectivity index (χ1n) is 4.96. The molecule has 0 aliphatic heterocycles. The summed E-state index contributed by atoms with van der Waals surface area (Å²) >= 11 is 6.13. The molecule has 1 aromatic heterocycles. The Bertz CT molecular complexity index is 457. The Labute approximate surface area is 89.3 Å². The topological polar surface area (TPSA) is 4.93 Å². The van der Waals surface area contributed by atoms with Crippen LogP contribution in [0.15, 0.2) is 24.4 Å². The highest BCUT2D eigenvalue weighted by molar-refractivity contribution is 6.35. The monoisotopic (exact) mass is 207 g/mol. The fourth-order valence-electron chi connectivity index (χ4n) is 1.94. The minimum atomic E-state index is 0.848. The average Bonchev–Trinajstić information content (AvgIpc) is 2.55. The van der Waals surface area contributed by atoms with Crippen molar-refractivity contribution in [1.29, 1.82) is 0 Å². The quantitative estimate of drug-likeness (QED) is 0.706. The second kappa shape index (κ2) is 3.66. The normalized spacial score (nSPS) is 11.1. The lowest BCUT2D eigenvalue weighted by atomic mass is 10.1. The van der Waals surface area contributed by atoms with Gasteiger partial charge in [0, 0.05) is 23.7 Å². The van der Waals surface area contributed by atoms with Gasteiger partial charge in [-0.2, -0.15) is 0 Å². The van der Waals surface area contributed by atoms with Gasteiger partial charge in [-0.25, -0.2) is 0 Å². The lowest BCUT2D eigenvalue weighted by molar-refractivity contribution is 0.903. The molecule has 1 heterocycles. The molecule has 0 bridgehead atoms. The zero-order chi connectivity index (χ0) is 10.1. The first kappa shape index (κ1) is 9.60. The van der Waals surface area contributed by atoms with Crippen LogP contribution in [0.2, 0.25) is 5.02 Å². The van der Waals surface area contributed by atoms with Gasteiger partial charge in [0.2, 0.25) is 0 Å². The molecule has 0 amide bonds. The van der Waals surface area contributed by atoms with E-state index in [-0.39, 0.29) is 0 Å². The Kier molecular flexibility index (Phi) is 2.51. The Morgan fingerprint density at radius 1 is 1.29 bits per heavy atom. The molecule has 0 unspecified atom stereocenters. The molecule has 2 rings (SSSR count). The van der Waals surface area contributed by atoms with Crippen LogP contribution in [0.3, 0.4) is 0 Å². The average molecular weight is 208 g/mol. The van der Waals surface area contributed by atoms with Crippen LogP contribution in [-0.4, -0.2) is 4.57 Å². The van der Waals surface area contributed by atoms with Crippen LogP contribution in [0, 0.1) is 0 Å². The van der Waals surface area contributed by atoms with E-state index in [1.807, 2.05) is 6.07 Å². The molecule has 0 aliphatic carbocycles. The predicted molar refractivity (Wildman–Crippen MR) is 61.9 cm³/mol. The van der Waals surface area contributed by atoms with Crippen LogP contribution in [0.5, 0.6) is 0 Å². The summed E-state index contributed by atoms with van der Waals surface area (Å²) in [4.78, 5) is 0. The smallest absolute Gasteiger partial charge is 0.0525 e. The number of hydrogen-bond acceptors (Lipinski definition) is 0. The van der Waals surface area contributed by atoms with Gasteiger partial charge in [-0.1, -0.05) is 31.0 Å². The summed E-state index contributed by atoms with van der Waals surface area (Å²) in [5.74, 6) is 0. The SMILES string of the molecule is CCCc1ccc(Cl)c2ccn(C)c12. The third-order valence-corrected chi connectivity index (χ3v) is 2.91. The van der Waals surface area contributed by atoms with Crippen LogP contribution in [0.4, 0.5) is 0 Å². The molecule has 14 heavy (non-hydrogen) atoms. The van der Waals surface area contributed by atoms with Gasteiger partial charge in [-0.3, -0.25) is 0 Å². The molecular formula is C12H14ClN. The van der Waals surface area contributed by atoms with E-state index in [9.17, 15) is 0 Å². The third-order valence-electron chi connectivity index (χ3n) is 2.58. The highest BCUT2D eigenvalue weighted by Gasteiger charge is 2.06. The Balaban J connectivity index is 2.72. The molecule has 0 radical (unpaired) electrons. The lowest BCUT2D eigenvalue weighted by Gasteiger charge is -2.05. The van der Waals surface area contributed by atoms with E-state index in [2.05, 4.69) is 36.9 Å². The maximum absolute atomic E-state index is 6.13. The summed E-state index contributed by atoms with van der Waals surface area (Å²) < 4.78 is 2.15. The van der Waals surface area contributed by atoms with Crippen molar-refractivity contribution in [2.75, 3.05) is 0 Å². The molecule has 0 saturated carbocycles. The van der Waals surface area contributed by atoms with Crippen LogP contribution in [0.1, 0.15) is 18.9 Å². The molecule has 2 aromatic rings. The van der Waals surface area contributed by atoms with Crippen molar-refractivity contribution in [2.45, 2.75) is 19.8 Å². The summed E-state index contributed by atoms with van der Waals surface area (Å²) in [7, 11) is 2.07. The Hall–Kier alpha value is -0.950. The third kappa shape index (κ3) is 1.42. The molecule has 0 N–H and O–H groups in total. The molecule has 0 saturated heterocycles. The molecule has 74 valence electrons. The van der Waals surface area contributed by atoms with E-state index < -0.39 is 0 Å². The predicted octanol–water partition coefficient (Wildman–Crippen LogP) is 3.78. The highest BCUT2D eigenvalue weighted by atomic mass is 35.5. The van der Waals surface area contributed by atoms with Crippen LogP contribution in [-0.2, 0) is 13.5 Å². The zero-order valence-corrected chi connectivity index (χ0v) is 9.30. The number of fused-ring (bicyclic) bond motifs is 1. The van der Waals surface area contributed by atoms with E-state index in [1.54, 1.807) is 0 Å². The van der Waals surface area contributed by atoms with Crippen molar-refractivity contribution in [2.24, 2.45) is 7.05 Å². The molecule has 0 spiro atoms. The van der Waals surface area contributed by atoms with E-state index >= 15 is 0 Å². The Morgan fingerprint density at radius 3 is 2.79 bits per heavy atom. The summed E-state index contributed by atoms with van der Waals surface area (Å²) in [6.07, 6.45) is 4.35. The summed E-state index contributed by atoms with van der Waals surface area (Å²) in [5.41, 5.74) is 2.67. The summed E-state index contributed by atoms with van der Waals surface area (Å²) in [6.45, 7) is 2.20. The number of rotatable bonds is 2. The molecule has 0 aliphatic rings. The van der Waals surface area contributed by atoms with Crippen molar-refractivity contribution >= 4 is 22.5 Å². The number of halogens is 1. The van der Waals surface area contributed by atoms with Crippen molar-refractivity contribution in [3.63, 3.8) is 0 Å². The van der Waals surface area contributed by atoms with Gasteiger partial charge in [-0.05, 0) is 24.1 Å². The van der Waals surface area contributed by atoms with Crippen LogP contribution in [0.25, 0.3) is 10.9 Å². The van der Waals surface area contributed by atoms with E-state index in [0.717, 1.165) is 11.4 Å². The van der Waals surface area contributed by atoms with Crippen molar-refractivity contribution < 1.29 is 0 Å². The molecule has 1 nitrogen and oxygen atoms in total. The first-order chi connectivity index (χ1) is 6.74. The second-order valence-corrected chi connectivity index (χ2v) is 4.05. The minimum absolute atomic E-state index is 0.848. The van der Waals surface area contributed by atoms with Crippen molar-refractivity contribution in [3.8, 4) is 0 Å². The number of nitrogens with zero attached hydrogens (tertiary/aromatic N) is 1. The lowest BCUT2D eigenvalue weighted by Crippen LogP contribution is -1.91. The van der Waals surface area contributed by atoms with Crippen molar-refractivity contribution in [1.82, 2.24) is 4.57 Å². The van der Waals surface area contributed by atoms with Gasteiger partial charge < -0.3 is 4.57 Å². The number of hydrogen-bond donors (Lipinski definition) is 0. The van der Waals surface area contributed by atoms with Gasteiger partial charge >= 0.3 is 0 Å². The number of benzene rings is 1. The molecule has 2 heteroatoms.